The summed E-state index contributed by atoms with van der Waals surface area (Å²) in [6, 6.07) is 15.6. The molecule has 0 bridgehead atoms. The van der Waals surface area contributed by atoms with E-state index in [9.17, 15) is 4.79 Å². The molecule has 0 atom stereocenters. The molecule has 2 aromatic carbocycles. The van der Waals surface area contributed by atoms with Crippen LogP contribution in [0.5, 0.6) is 5.75 Å². The molecule has 29 heavy (non-hydrogen) atoms. The van der Waals surface area contributed by atoms with Gasteiger partial charge in [0.25, 0.3) is 5.91 Å². The average Bonchev–Trinajstić information content (AvgIpc) is 3.15. The first-order chi connectivity index (χ1) is 14.1. The molecule has 150 valence electrons. The lowest BCUT2D eigenvalue weighted by Crippen LogP contribution is -2.48. The predicted molar refractivity (Wildman–Crippen MR) is 118 cm³/mol. The molecule has 7 heteroatoms. The van der Waals surface area contributed by atoms with Crippen LogP contribution in [0.15, 0.2) is 48.5 Å². The van der Waals surface area contributed by atoms with Gasteiger partial charge >= 0.3 is 0 Å². The maximum absolute atomic E-state index is 13.1. The number of halogens is 1. The summed E-state index contributed by atoms with van der Waals surface area (Å²) >= 11 is 7.72. The van der Waals surface area contributed by atoms with Crippen LogP contribution in [0.1, 0.15) is 15.4 Å². The number of rotatable bonds is 4. The van der Waals surface area contributed by atoms with Crippen LogP contribution in [-0.2, 0) is 0 Å². The Bertz CT molecular complexity index is 1010. The normalized spacial score (nSPS) is 14.2. The number of hydrogen-bond acceptors (Lipinski definition) is 5. The summed E-state index contributed by atoms with van der Waals surface area (Å²) in [5, 5.41) is 1.43. The van der Waals surface area contributed by atoms with E-state index in [-0.39, 0.29) is 5.91 Å². The minimum Gasteiger partial charge on any atom is -0.497 e. The fourth-order valence-corrected chi connectivity index (χ4v) is 4.80. The monoisotopic (exact) mass is 427 g/mol. The summed E-state index contributed by atoms with van der Waals surface area (Å²) in [6.45, 7) is 4.85. The first-order valence-corrected chi connectivity index (χ1v) is 10.7. The van der Waals surface area contributed by atoms with Crippen LogP contribution in [0.4, 0.5) is 5.69 Å². The van der Waals surface area contributed by atoms with Gasteiger partial charge < -0.3 is 14.5 Å². The van der Waals surface area contributed by atoms with E-state index in [1.54, 1.807) is 7.11 Å². The number of ether oxygens (including phenoxy) is 1. The highest BCUT2D eigenvalue weighted by Crippen LogP contribution is 2.33. The van der Waals surface area contributed by atoms with Crippen LogP contribution in [0, 0.1) is 6.92 Å². The van der Waals surface area contributed by atoms with Gasteiger partial charge in [-0.1, -0.05) is 29.8 Å². The van der Waals surface area contributed by atoms with Crippen LogP contribution in [0.25, 0.3) is 10.6 Å². The van der Waals surface area contributed by atoms with Gasteiger partial charge in [-0.2, -0.15) is 0 Å². The molecule has 3 aromatic rings. The van der Waals surface area contributed by atoms with Crippen LogP contribution >= 0.6 is 22.9 Å². The number of carbonyl (C=O) groups is 1. The highest BCUT2D eigenvalue weighted by Gasteiger charge is 2.26. The lowest BCUT2D eigenvalue weighted by Gasteiger charge is -2.36. The second-order valence-electron chi connectivity index (χ2n) is 6.89. The first-order valence-electron chi connectivity index (χ1n) is 9.47. The van der Waals surface area contributed by atoms with Gasteiger partial charge in [0.2, 0.25) is 0 Å². The van der Waals surface area contributed by atoms with Crippen molar-refractivity contribution in [3.05, 3.63) is 64.1 Å². The summed E-state index contributed by atoms with van der Waals surface area (Å²) in [6.07, 6.45) is 0. The fourth-order valence-electron chi connectivity index (χ4n) is 3.45. The molecule has 0 aliphatic carbocycles. The molecule has 4 rings (SSSR count). The molecule has 1 fully saturated rings. The maximum Gasteiger partial charge on any atom is 0.265 e. The third-order valence-electron chi connectivity index (χ3n) is 5.10. The van der Waals surface area contributed by atoms with Gasteiger partial charge in [0.15, 0.2) is 0 Å². The predicted octanol–water partition coefficient (Wildman–Crippen LogP) is 4.74. The molecule has 0 radical (unpaired) electrons. The quantitative estimate of drug-likeness (QED) is 0.603. The van der Waals surface area contributed by atoms with Crippen molar-refractivity contribution < 1.29 is 9.53 Å². The number of hydrogen-bond donors (Lipinski definition) is 0. The third kappa shape index (κ3) is 4.09. The van der Waals surface area contributed by atoms with Gasteiger partial charge in [-0.25, -0.2) is 4.98 Å². The van der Waals surface area contributed by atoms with Crippen molar-refractivity contribution in [3.63, 3.8) is 0 Å². The Morgan fingerprint density at radius 2 is 1.76 bits per heavy atom. The van der Waals surface area contributed by atoms with Crippen molar-refractivity contribution in [2.45, 2.75) is 6.92 Å². The molecule has 2 heterocycles. The van der Waals surface area contributed by atoms with Gasteiger partial charge in [0.05, 0.1) is 17.8 Å². The van der Waals surface area contributed by atoms with Crippen LogP contribution in [0.3, 0.4) is 0 Å². The lowest BCUT2D eigenvalue weighted by molar-refractivity contribution is 0.0750. The highest BCUT2D eigenvalue weighted by atomic mass is 35.5. The van der Waals surface area contributed by atoms with Crippen LogP contribution in [0.2, 0.25) is 5.02 Å². The Morgan fingerprint density at radius 3 is 2.41 bits per heavy atom. The summed E-state index contributed by atoms with van der Waals surface area (Å²) in [7, 11) is 1.66. The van der Waals surface area contributed by atoms with Gasteiger partial charge in [-0.15, -0.1) is 11.3 Å². The minimum atomic E-state index is 0.0488. The number of thiazole rings is 1. The molecule has 0 unspecified atom stereocenters. The van der Waals surface area contributed by atoms with E-state index in [0.29, 0.717) is 23.0 Å². The number of nitrogens with zero attached hydrogens (tertiary/aromatic N) is 3. The zero-order valence-electron chi connectivity index (χ0n) is 16.4. The molecular weight excluding hydrogens is 406 g/mol. The number of anilines is 1. The smallest absolute Gasteiger partial charge is 0.265 e. The van der Waals surface area contributed by atoms with Gasteiger partial charge in [-0.3, -0.25) is 4.79 Å². The summed E-state index contributed by atoms with van der Waals surface area (Å²) in [4.78, 5) is 22.6. The Balaban J connectivity index is 1.45. The van der Waals surface area contributed by atoms with Crippen molar-refractivity contribution in [2.75, 3.05) is 38.2 Å². The SMILES string of the molecule is COc1ccc(N2CCN(C(=O)c3sc(-c4ccccc4Cl)nc3C)CC2)cc1. The fraction of sp³-hybridized carbons (Fsp3) is 0.273. The van der Waals surface area contributed by atoms with E-state index in [2.05, 4.69) is 22.0 Å². The van der Waals surface area contributed by atoms with Crippen molar-refractivity contribution in [1.82, 2.24) is 9.88 Å². The molecule has 1 aromatic heterocycles. The largest absolute Gasteiger partial charge is 0.497 e. The molecule has 1 saturated heterocycles. The van der Waals surface area contributed by atoms with Crippen molar-refractivity contribution in [2.24, 2.45) is 0 Å². The molecule has 1 aliphatic rings. The Labute approximate surface area is 179 Å². The molecular formula is C22H22ClN3O2S. The van der Waals surface area contributed by atoms with Gasteiger partial charge in [-0.05, 0) is 37.3 Å². The number of piperazine rings is 1. The second-order valence-corrected chi connectivity index (χ2v) is 8.30. The number of benzene rings is 2. The third-order valence-corrected chi connectivity index (χ3v) is 6.61. The van der Waals surface area contributed by atoms with E-state index in [1.807, 2.05) is 48.2 Å². The number of carbonyl (C=O) groups excluding carboxylic acids is 1. The van der Waals surface area contributed by atoms with Crippen molar-refractivity contribution in [3.8, 4) is 16.3 Å². The molecule has 0 saturated carbocycles. The zero-order chi connectivity index (χ0) is 20.4. The molecule has 0 spiro atoms. The Kier molecular flexibility index (Phi) is 5.74. The first kappa shape index (κ1) is 19.7. The van der Waals surface area contributed by atoms with E-state index in [4.69, 9.17) is 16.3 Å². The zero-order valence-corrected chi connectivity index (χ0v) is 18.0. The van der Waals surface area contributed by atoms with Gasteiger partial charge in [0, 0.05) is 37.4 Å². The standard InChI is InChI=1S/C22H22ClN3O2S/c1-15-20(29-21(24-15)18-5-3-4-6-19(18)23)22(27)26-13-11-25(12-14-26)16-7-9-17(28-2)10-8-16/h3-10H,11-14H2,1-2H3. The minimum absolute atomic E-state index is 0.0488. The van der Waals surface area contributed by atoms with E-state index >= 15 is 0 Å². The Morgan fingerprint density at radius 1 is 1.07 bits per heavy atom. The molecule has 5 nitrogen and oxygen atoms in total. The maximum atomic E-state index is 13.1. The highest BCUT2D eigenvalue weighted by molar-refractivity contribution is 7.17. The summed E-state index contributed by atoms with van der Waals surface area (Å²) in [5.41, 5.74) is 2.77. The average molecular weight is 428 g/mol. The lowest BCUT2D eigenvalue weighted by atomic mass is 10.2. The summed E-state index contributed by atoms with van der Waals surface area (Å²) < 4.78 is 5.22. The van der Waals surface area contributed by atoms with E-state index < -0.39 is 0 Å². The number of amides is 1. The summed E-state index contributed by atoms with van der Waals surface area (Å²) in [5.74, 6) is 0.894. The molecule has 1 amide bonds. The van der Waals surface area contributed by atoms with Crippen molar-refractivity contribution >= 4 is 34.5 Å². The molecule has 1 aliphatic heterocycles. The second kappa shape index (κ2) is 8.43. The Hall–Kier alpha value is -2.57. The topological polar surface area (TPSA) is 45.7 Å². The van der Waals surface area contributed by atoms with Gasteiger partial charge in [0.1, 0.15) is 15.6 Å². The van der Waals surface area contributed by atoms with E-state index in [0.717, 1.165) is 40.8 Å². The van der Waals surface area contributed by atoms with E-state index in [1.165, 1.54) is 11.3 Å². The molecule has 0 N–H and O–H groups in total. The van der Waals surface area contributed by atoms with Crippen molar-refractivity contribution in [1.29, 1.82) is 0 Å². The van der Waals surface area contributed by atoms with Crippen LogP contribution in [-0.4, -0.2) is 49.1 Å². The number of aryl methyl sites for hydroxylation is 1. The van der Waals surface area contributed by atoms with Crippen LogP contribution < -0.4 is 9.64 Å². The number of methoxy groups -OCH3 is 1. The number of aromatic nitrogens is 1.